The Balaban J connectivity index is 2.17. The molecule has 1 N–H and O–H groups in total. The standard InChI is InChI=1S/C11H11F2N3O/c1-2-9-14-10(16-15-9)7-3-5-8(6-4-7)17-11(12)13/h3-6,11H,2H2,1H3,(H,14,15,16). The van der Waals surface area contributed by atoms with E-state index in [4.69, 9.17) is 0 Å². The zero-order chi connectivity index (χ0) is 12.3. The largest absolute Gasteiger partial charge is 0.435 e. The molecule has 2 rings (SSSR count). The first-order valence-corrected chi connectivity index (χ1v) is 5.15. The highest BCUT2D eigenvalue weighted by molar-refractivity contribution is 5.55. The van der Waals surface area contributed by atoms with E-state index in [0.717, 1.165) is 17.8 Å². The molecule has 0 aliphatic heterocycles. The maximum absolute atomic E-state index is 11.9. The van der Waals surface area contributed by atoms with Crippen LogP contribution >= 0.6 is 0 Å². The lowest BCUT2D eigenvalue weighted by Crippen LogP contribution is -2.01. The first-order valence-electron chi connectivity index (χ1n) is 5.15. The zero-order valence-corrected chi connectivity index (χ0v) is 9.15. The summed E-state index contributed by atoms with van der Waals surface area (Å²) in [6.07, 6.45) is 0.763. The molecule has 90 valence electrons. The summed E-state index contributed by atoms with van der Waals surface area (Å²) in [5.41, 5.74) is 0.752. The van der Waals surface area contributed by atoms with Crippen molar-refractivity contribution in [3.8, 4) is 17.1 Å². The number of hydrogen-bond donors (Lipinski definition) is 1. The average molecular weight is 239 g/mol. The number of nitrogens with one attached hydrogen (secondary N) is 1. The SMILES string of the molecule is CCc1nc(-c2ccc(OC(F)F)cc2)n[nH]1. The Morgan fingerprint density at radius 2 is 2.00 bits per heavy atom. The fourth-order valence-corrected chi connectivity index (χ4v) is 1.37. The molecular weight excluding hydrogens is 228 g/mol. The van der Waals surface area contributed by atoms with Crippen molar-refractivity contribution >= 4 is 0 Å². The van der Waals surface area contributed by atoms with Gasteiger partial charge in [0.1, 0.15) is 11.6 Å². The number of nitrogens with zero attached hydrogens (tertiary/aromatic N) is 2. The Kier molecular flexibility index (Phi) is 3.32. The molecule has 0 aliphatic carbocycles. The second-order valence-corrected chi connectivity index (χ2v) is 3.36. The number of benzene rings is 1. The van der Waals surface area contributed by atoms with Gasteiger partial charge in [-0.25, -0.2) is 4.98 Å². The molecule has 1 aromatic heterocycles. The van der Waals surface area contributed by atoms with Crippen LogP contribution in [0.5, 0.6) is 5.75 Å². The predicted octanol–water partition coefficient (Wildman–Crippen LogP) is 2.64. The molecule has 4 nitrogen and oxygen atoms in total. The minimum absolute atomic E-state index is 0.120. The maximum Gasteiger partial charge on any atom is 0.387 e. The Bertz CT molecular complexity index is 482. The van der Waals surface area contributed by atoms with E-state index in [9.17, 15) is 8.78 Å². The van der Waals surface area contributed by atoms with Crippen molar-refractivity contribution in [2.24, 2.45) is 0 Å². The molecule has 0 aliphatic rings. The van der Waals surface area contributed by atoms with Crippen molar-refractivity contribution in [2.75, 3.05) is 0 Å². The summed E-state index contributed by atoms with van der Waals surface area (Å²) < 4.78 is 28.1. The Hall–Kier alpha value is -1.98. The van der Waals surface area contributed by atoms with Gasteiger partial charge < -0.3 is 4.74 Å². The van der Waals surface area contributed by atoms with Crippen molar-refractivity contribution in [3.63, 3.8) is 0 Å². The third-order valence-electron chi connectivity index (χ3n) is 2.20. The molecule has 17 heavy (non-hydrogen) atoms. The highest BCUT2D eigenvalue weighted by Gasteiger charge is 2.07. The molecule has 2 aromatic rings. The van der Waals surface area contributed by atoms with Crippen LogP contribution in [0, 0.1) is 0 Å². The van der Waals surface area contributed by atoms with Crippen LogP contribution in [0.4, 0.5) is 8.78 Å². The van der Waals surface area contributed by atoms with Crippen LogP contribution in [0.1, 0.15) is 12.7 Å². The molecule has 0 amide bonds. The topological polar surface area (TPSA) is 50.8 Å². The minimum atomic E-state index is -2.81. The fourth-order valence-electron chi connectivity index (χ4n) is 1.37. The van der Waals surface area contributed by atoms with Crippen molar-refractivity contribution in [1.82, 2.24) is 15.2 Å². The number of aromatic nitrogens is 3. The molecule has 0 atom stereocenters. The quantitative estimate of drug-likeness (QED) is 0.892. The van der Waals surface area contributed by atoms with Gasteiger partial charge in [0, 0.05) is 12.0 Å². The van der Waals surface area contributed by atoms with Crippen LogP contribution in [0.2, 0.25) is 0 Å². The van der Waals surface area contributed by atoms with Gasteiger partial charge in [-0.15, -0.1) is 0 Å². The van der Waals surface area contributed by atoms with E-state index >= 15 is 0 Å². The van der Waals surface area contributed by atoms with Crippen molar-refractivity contribution in [3.05, 3.63) is 30.1 Å². The van der Waals surface area contributed by atoms with E-state index < -0.39 is 6.61 Å². The monoisotopic (exact) mass is 239 g/mol. The van der Waals surface area contributed by atoms with E-state index in [0.29, 0.717) is 5.82 Å². The third-order valence-corrected chi connectivity index (χ3v) is 2.20. The normalized spacial score (nSPS) is 10.8. The summed E-state index contributed by atoms with van der Waals surface area (Å²) in [4.78, 5) is 4.23. The summed E-state index contributed by atoms with van der Waals surface area (Å²) in [7, 11) is 0. The van der Waals surface area contributed by atoms with E-state index in [1.165, 1.54) is 12.1 Å². The second kappa shape index (κ2) is 4.90. The van der Waals surface area contributed by atoms with E-state index in [2.05, 4.69) is 19.9 Å². The molecule has 1 aromatic carbocycles. The zero-order valence-electron chi connectivity index (χ0n) is 9.15. The molecule has 0 fully saturated rings. The van der Waals surface area contributed by atoms with Gasteiger partial charge in [-0.05, 0) is 24.3 Å². The summed E-state index contributed by atoms with van der Waals surface area (Å²) in [6.45, 7) is -0.847. The van der Waals surface area contributed by atoms with Gasteiger partial charge in [0.25, 0.3) is 0 Å². The summed E-state index contributed by atoms with van der Waals surface area (Å²) >= 11 is 0. The lowest BCUT2D eigenvalue weighted by molar-refractivity contribution is -0.0498. The number of aromatic amines is 1. The molecule has 0 saturated carbocycles. The van der Waals surface area contributed by atoms with Crippen LogP contribution in [0.25, 0.3) is 11.4 Å². The van der Waals surface area contributed by atoms with Gasteiger partial charge in [-0.3, -0.25) is 5.10 Å². The Morgan fingerprint density at radius 3 is 2.53 bits per heavy atom. The lowest BCUT2D eigenvalue weighted by Gasteiger charge is -2.03. The Morgan fingerprint density at radius 1 is 1.29 bits per heavy atom. The smallest absolute Gasteiger partial charge is 0.387 e. The van der Waals surface area contributed by atoms with Gasteiger partial charge >= 0.3 is 6.61 Å². The highest BCUT2D eigenvalue weighted by atomic mass is 19.3. The van der Waals surface area contributed by atoms with E-state index in [1.54, 1.807) is 12.1 Å². The van der Waals surface area contributed by atoms with Crippen LogP contribution in [-0.2, 0) is 6.42 Å². The van der Waals surface area contributed by atoms with Crippen molar-refractivity contribution < 1.29 is 13.5 Å². The number of rotatable bonds is 4. The molecule has 1 heterocycles. The maximum atomic E-state index is 11.9. The molecule has 0 spiro atoms. The number of aryl methyl sites for hydroxylation is 1. The van der Waals surface area contributed by atoms with Crippen molar-refractivity contribution in [2.45, 2.75) is 20.0 Å². The number of H-pyrrole nitrogens is 1. The third kappa shape index (κ3) is 2.77. The molecule has 0 saturated heterocycles. The van der Waals surface area contributed by atoms with E-state index in [1.807, 2.05) is 6.92 Å². The van der Waals surface area contributed by atoms with Crippen LogP contribution in [0.3, 0.4) is 0 Å². The average Bonchev–Trinajstić information content (AvgIpc) is 2.78. The molecule has 0 bridgehead atoms. The fraction of sp³-hybridized carbons (Fsp3) is 0.273. The summed E-state index contributed by atoms with van der Waals surface area (Å²) in [5, 5.41) is 6.81. The van der Waals surface area contributed by atoms with Crippen LogP contribution < -0.4 is 4.74 Å². The summed E-state index contributed by atoms with van der Waals surface area (Å²) in [5.74, 6) is 1.45. The molecular formula is C11H11F2N3O. The van der Waals surface area contributed by atoms with Crippen molar-refractivity contribution in [1.29, 1.82) is 0 Å². The predicted molar refractivity (Wildman–Crippen MR) is 57.8 cm³/mol. The Labute approximate surface area is 96.6 Å². The second-order valence-electron chi connectivity index (χ2n) is 3.36. The number of hydrogen-bond acceptors (Lipinski definition) is 3. The highest BCUT2D eigenvalue weighted by Crippen LogP contribution is 2.20. The molecule has 0 radical (unpaired) electrons. The first kappa shape index (κ1) is 11.5. The number of halogens is 2. The molecule has 0 unspecified atom stereocenters. The lowest BCUT2D eigenvalue weighted by atomic mass is 10.2. The van der Waals surface area contributed by atoms with Gasteiger partial charge in [0.15, 0.2) is 5.82 Å². The summed E-state index contributed by atoms with van der Waals surface area (Å²) in [6, 6.07) is 6.20. The number of alkyl halides is 2. The van der Waals surface area contributed by atoms with Gasteiger partial charge in [-0.1, -0.05) is 6.92 Å². The number of ether oxygens (including phenoxy) is 1. The van der Waals surface area contributed by atoms with Gasteiger partial charge in [-0.2, -0.15) is 13.9 Å². The van der Waals surface area contributed by atoms with E-state index in [-0.39, 0.29) is 5.75 Å². The van der Waals surface area contributed by atoms with Crippen LogP contribution in [-0.4, -0.2) is 21.8 Å². The molecule has 6 heteroatoms. The first-order chi connectivity index (χ1) is 8.19. The van der Waals surface area contributed by atoms with Gasteiger partial charge in [0.05, 0.1) is 0 Å². The van der Waals surface area contributed by atoms with Crippen LogP contribution in [0.15, 0.2) is 24.3 Å². The minimum Gasteiger partial charge on any atom is -0.435 e. The van der Waals surface area contributed by atoms with Gasteiger partial charge in [0.2, 0.25) is 0 Å².